The van der Waals surface area contributed by atoms with Gasteiger partial charge in [-0.05, 0) is 50.2 Å². The molecule has 0 unspecified atom stereocenters. The highest BCUT2D eigenvalue weighted by molar-refractivity contribution is 5.95. The molecule has 0 spiro atoms. The maximum atomic E-state index is 12.1. The lowest BCUT2D eigenvalue weighted by Gasteiger charge is -2.09. The molecule has 2 aromatic heterocycles. The molecule has 8 nitrogen and oxygen atoms in total. The van der Waals surface area contributed by atoms with Crippen LogP contribution in [0, 0.1) is 13.8 Å². The minimum atomic E-state index is -0.395. The van der Waals surface area contributed by atoms with Gasteiger partial charge in [-0.3, -0.25) is 25.1 Å². The molecule has 0 saturated carbocycles. The second-order valence-electron chi connectivity index (χ2n) is 5.58. The third-order valence-electron chi connectivity index (χ3n) is 3.61. The summed E-state index contributed by atoms with van der Waals surface area (Å²) >= 11 is 0. The van der Waals surface area contributed by atoms with Crippen molar-refractivity contribution >= 4 is 11.8 Å². The van der Waals surface area contributed by atoms with E-state index in [-0.39, 0.29) is 12.5 Å². The minimum Gasteiger partial charge on any atom is -0.271 e. The Kier molecular flexibility index (Phi) is 4.60. The second kappa shape index (κ2) is 7.00. The summed E-state index contributed by atoms with van der Waals surface area (Å²) in [6.45, 7) is 3.77. The van der Waals surface area contributed by atoms with Crippen LogP contribution in [0.1, 0.15) is 21.7 Å². The standard InChI is InChI=1S/C17H18N6O2/c1-12-10-13(2)23(21-12)11-16(24)19-20-17(25)14-4-6-15(7-5-14)22-9-3-8-18-22/h3-10H,11H2,1-2H3,(H,19,24)(H,20,25). The average Bonchev–Trinajstić information content (AvgIpc) is 3.23. The largest absolute Gasteiger partial charge is 0.271 e. The van der Waals surface area contributed by atoms with Crippen molar-refractivity contribution < 1.29 is 9.59 Å². The highest BCUT2D eigenvalue weighted by Gasteiger charge is 2.10. The number of nitrogens with one attached hydrogen (secondary N) is 2. The fourth-order valence-corrected chi connectivity index (χ4v) is 2.40. The number of carbonyl (C=O) groups is 2. The molecule has 0 atom stereocenters. The summed E-state index contributed by atoms with van der Waals surface area (Å²) in [5.41, 5.74) is 7.79. The van der Waals surface area contributed by atoms with E-state index in [0.29, 0.717) is 5.56 Å². The van der Waals surface area contributed by atoms with E-state index in [0.717, 1.165) is 17.1 Å². The molecule has 0 radical (unpaired) electrons. The zero-order chi connectivity index (χ0) is 17.8. The van der Waals surface area contributed by atoms with E-state index < -0.39 is 5.91 Å². The number of hydrazine groups is 1. The van der Waals surface area contributed by atoms with Crippen LogP contribution in [0.25, 0.3) is 5.69 Å². The van der Waals surface area contributed by atoms with Gasteiger partial charge in [0.2, 0.25) is 0 Å². The zero-order valence-electron chi connectivity index (χ0n) is 13.9. The first kappa shape index (κ1) is 16.4. The third-order valence-corrected chi connectivity index (χ3v) is 3.61. The number of aromatic nitrogens is 4. The fraction of sp³-hybridized carbons (Fsp3) is 0.176. The van der Waals surface area contributed by atoms with Crippen molar-refractivity contribution in [3.8, 4) is 5.69 Å². The highest BCUT2D eigenvalue weighted by atomic mass is 16.2. The SMILES string of the molecule is Cc1cc(C)n(CC(=O)NNC(=O)c2ccc(-n3cccn3)cc2)n1. The Morgan fingerprint density at radius 1 is 1.12 bits per heavy atom. The molecule has 0 bridgehead atoms. The number of amides is 2. The molecule has 3 aromatic rings. The first-order valence-corrected chi connectivity index (χ1v) is 7.73. The summed E-state index contributed by atoms with van der Waals surface area (Å²) in [7, 11) is 0. The van der Waals surface area contributed by atoms with E-state index in [9.17, 15) is 9.59 Å². The summed E-state index contributed by atoms with van der Waals surface area (Å²) in [6.07, 6.45) is 3.49. The molecule has 2 heterocycles. The van der Waals surface area contributed by atoms with Crippen molar-refractivity contribution in [3.63, 3.8) is 0 Å². The van der Waals surface area contributed by atoms with Crippen LogP contribution in [0.15, 0.2) is 48.8 Å². The second-order valence-corrected chi connectivity index (χ2v) is 5.58. The summed E-state index contributed by atoms with van der Waals surface area (Å²) in [4.78, 5) is 24.0. The van der Waals surface area contributed by atoms with E-state index in [4.69, 9.17) is 0 Å². The van der Waals surface area contributed by atoms with Crippen molar-refractivity contribution in [3.05, 3.63) is 65.7 Å². The number of hydrogen-bond acceptors (Lipinski definition) is 4. The van der Waals surface area contributed by atoms with Crippen LogP contribution in [0.2, 0.25) is 0 Å². The predicted molar refractivity (Wildman–Crippen MR) is 90.9 cm³/mol. The Morgan fingerprint density at radius 3 is 2.48 bits per heavy atom. The predicted octanol–water partition coefficient (Wildman–Crippen LogP) is 1.15. The van der Waals surface area contributed by atoms with Crippen LogP contribution < -0.4 is 10.9 Å². The number of rotatable bonds is 4. The van der Waals surface area contributed by atoms with E-state index in [1.807, 2.05) is 32.2 Å². The van der Waals surface area contributed by atoms with E-state index in [1.54, 1.807) is 39.8 Å². The van der Waals surface area contributed by atoms with Crippen molar-refractivity contribution in [2.75, 3.05) is 0 Å². The van der Waals surface area contributed by atoms with Crippen LogP contribution in [-0.2, 0) is 11.3 Å². The maximum Gasteiger partial charge on any atom is 0.269 e. The third kappa shape index (κ3) is 3.92. The normalized spacial score (nSPS) is 10.5. The topological polar surface area (TPSA) is 93.8 Å². The van der Waals surface area contributed by atoms with Crippen LogP contribution >= 0.6 is 0 Å². The molecule has 3 rings (SSSR count). The first-order chi connectivity index (χ1) is 12.0. The Morgan fingerprint density at radius 2 is 1.88 bits per heavy atom. The van der Waals surface area contributed by atoms with Gasteiger partial charge in [-0.15, -0.1) is 0 Å². The summed E-state index contributed by atoms with van der Waals surface area (Å²) in [6, 6.07) is 10.6. The van der Waals surface area contributed by atoms with Gasteiger partial charge in [0, 0.05) is 23.7 Å². The number of hydrogen-bond donors (Lipinski definition) is 2. The quantitative estimate of drug-likeness (QED) is 0.698. The molecule has 128 valence electrons. The maximum absolute atomic E-state index is 12.1. The fourth-order valence-electron chi connectivity index (χ4n) is 2.40. The lowest BCUT2D eigenvalue weighted by Crippen LogP contribution is -2.43. The van der Waals surface area contributed by atoms with Gasteiger partial charge >= 0.3 is 0 Å². The van der Waals surface area contributed by atoms with Crippen LogP contribution in [0.5, 0.6) is 0 Å². The smallest absolute Gasteiger partial charge is 0.269 e. The monoisotopic (exact) mass is 338 g/mol. The molecule has 2 N–H and O–H groups in total. The van der Waals surface area contributed by atoms with E-state index in [2.05, 4.69) is 21.0 Å². The van der Waals surface area contributed by atoms with Gasteiger partial charge in [0.1, 0.15) is 6.54 Å². The molecule has 8 heteroatoms. The minimum absolute atomic E-state index is 0.0399. The lowest BCUT2D eigenvalue weighted by atomic mass is 10.2. The molecule has 0 aliphatic carbocycles. The van der Waals surface area contributed by atoms with Gasteiger partial charge < -0.3 is 0 Å². The summed E-state index contributed by atoms with van der Waals surface area (Å²) < 4.78 is 3.27. The Hall–Kier alpha value is -3.42. The lowest BCUT2D eigenvalue weighted by molar-refractivity contribution is -0.122. The Labute approximate surface area is 144 Å². The molecule has 2 amide bonds. The van der Waals surface area contributed by atoms with Gasteiger partial charge in [-0.2, -0.15) is 10.2 Å². The van der Waals surface area contributed by atoms with Gasteiger partial charge in [0.15, 0.2) is 0 Å². The molecule has 0 aliphatic rings. The first-order valence-electron chi connectivity index (χ1n) is 7.73. The molecule has 1 aromatic carbocycles. The number of nitrogens with zero attached hydrogens (tertiary/aromatic N) is 4. The van der Waals surface area contributed by atoms with Crippen LogP contribution in [0.3, 0.4) is 0 Å². The highest BCUT2D eigenvalue weighted by Crippen LogP contribution is 2.08. The van der Waals surface area contributed by atoms with Gasteiger partial charge in [-0.25, -0.2) is 4.68 Å². The Balaban J connectivity index is 1.55. The Bertz CT molecular complexity index is 881. The van der Waals surface area contributed by atoms with Crippen molar-refractivity contribution in [1.82, 2.24) is 30.4 Å². The molecule has 0 saturated heterocycles. The molecular weight excluding hydrogens is 320 g/mol. The summed E-state index contributed by atoms with van der Waals surface area (Å²) in [5.74, 6) is -0.749. The van der Waals surface area contributed by atoms with Crippen molar-refractivity contribution in [2.45, 2.75) is 20.4 Å². The van der Waals surface area contributed by atoms with Crippen molar-refractivity contribution in [1.29, 1.82) is 0 Å². The van der Waals surface area contributed by atoms with Gasteiger partial charge in [-0.1, -0.05) is 0 Å². The number of aryl methyl sites for hydroxylation is 2. The van der Waals surface area contributed by atoms with Crippen LogP contribution in [-0.4, -0.2) is 31.4 Å². The van der Waals surface area contributed by atoms with Gasteiger partial charge in [0.25, 0.3) is 11.8 Å². The number of carbonyl (C=O) groups excluding carboxylic acids is 2. The average molecular weight is 338 g/mol. The molecule has 0 fully saturated rings. The molecule has 0 aliphatic heterocycles. The van der Waals surface area contributed by atoms with Crippen LogP contribution in [0.4, 0.5) is 0 Å². The van der Waals surface area contributed by atoms with Gasteiger partial charge in [0.05, 0.1) is 11.4 Å². The summed E-state index contributed by atoms with van der Waals surface area (Å²) in [5, 5.41) is 8.32. The van der Waals surface area contributed by atoms with E-state index >= 15 is 0 Å². The number of benzene rings is 1. The molecule has 25 heavy (non-hydrogen) atoms. The zero-order valence-corrected chi connectivity index (χ0v) is 13.9. The molecular formula is C17H18N6O2. The van der Waals surface area contributed by atoms with Crippen molar-refractivity contribution in [2.24, 2.45) is 0 Å². The van der Waals surface area contributed by atoms with E-state index in [1.165, 1.54) is 0 Å².